The number of hydrogen-bond donors (Lipinski definition) is 2. The largest absolute Gasteiger partial charge is 0.486 e. The van der Waals surface area contributed by atoms with Crippen LogP contribution in [0.5, 0.6) is 11.5 Å². The molecule has 1 atom stereocenters. The van der Waals surface area contributed by atoms with E-state index in [2.05, 4.69) is 10.6 Å². The summed E-state index contributed by atoms with van der Waals surface area (Å²) in [6.45, 7) is 6.31. The third-order valence-corrected chi connectivity index (χ3v) is 6.47. The molecule has 1 aromatic carbocycles. The lowest BCUT2D eigenvalue weighted by Gasteiger charge is -2.25. The van der Waals surface area contributed by atoms with Crippen LogP contribution >= 0.6 is 0 Å². The van der Waals surface area contributed by atoms with Gasteiger partial charge in [-0.25, -0.2) is 8.42 Å². The van der Waals surface area contributed by atoms with Gasteiger partial charge >= 0.3 is 0 Å². The van der Waals surface area contributed by atoms with Gasteiger partial charge in [-0.3, -0.25) is 9.59 Å². The topological polar surface area (TPSA) is 114 Å². The zero-order valence-electron chi connectivity index (χ0n) is 16.9. The van der Waals surface area contributed by atoms with Gasteiger partial charge in [-0.05, 0) is 45.7 Å². The van der Waals surface area contributed by atoms with Crippen molar-refractivity contribution in [2.45, 2.75) is 50.1 Å². The van der Waals surface area contributed by atoms with E-state index in [0.29, 0.717) is 37.6 Å². The van der Waals surface area contributed by atoms with Crippen molar-refractivity contribution in [3.05, 3.63) is 18.2 Å². The van der Waals surface area contributed by atoms with Crippen molar-refractivity contribution in [3.63, 3.8) is 0 Å². The van der Waals surface area contributed by atoms with Crippen molar-refractivity contribution in [3.8, 4) is 11.5 Å². The summed E-state index contributed by atoms with van der Waals surface area (Å²) in [7, 11) is -3.90. The summed E-state index contributed by atoms with van der Waals surface area (Å²) in [6.07, 6.45) is 0.965. The Balaban J connectivity index is 1.70. The van der Waals surface area contributed by atoms with E-state index < -0.39 is 27.5 Å². The van der Waals surface area contributed by atoms with Crippen molar-refractivity contribution >= 4 is 21.8 Å². The molecule has 0 aliphatic carbocycles. The first-order valence-electron chi connectivity index (χ1n) is 9.58. The third-order valence-electron chi connectivity index (χ3n) is 4.56. The average Bonchev–Trinajstić information content (AvgIpc) is 3.15. The number of nitrogens with zero attached hydrogens (tertiary/aromatic N) is 1. The smallest absolute Gasteiger partial charge is 0.243 e. The first kappa shape index (κ1) is 21.4. The molecular formula is C19H27N3O6S. The Bertz CT molecular complexity index is 894. The van der Waals surface area contributed by atoms with Gasteiger partial charge in [0.2, 0.25) is 21.8 Å². The second-order valence-electron chi connectivity index (χ2n) is 8.10. The van der Waals surface area contributed by atoms with Crippen LogP contribution in [0.3, 0.4) is 0 Å². The fourth-order valence-corrected chi connectivity index (χ4v) is 5.03. The molecule has 2 heterocycles. The lowest BCUT2D eigenvalue weighted by Crippen LogP contribution is -2.50. The monoisotopic (exact) mass is 425 g/mol. The number of ether oxygens (including phenoxy) is 2. The van der Waals surface area contributed by atoms with Crippen LogP contribution in [0.15, 0.2) is 23.1 Å². The molecule has 160 valence electrons. The number of amides is 2. The molecule has 1 fully saturated rings. The summed E-state index contributed by atoms with van der Waals surface area (Å²) in [5, 5.41) is 5.30. The molecule has 0 aromatic heterocycles. The SMILES string of the molecule is CC(C)(C)NC(=O)CNC(=O)[C@H]1CCCN1S(=O)(=O)c1ccc2c(c1)OCCO2. The zero-order valence-corrected chi connectivity index (χ0v) is 17.7. The maximum absolute atomic E-state index is 13.1. The summed E-state index contributed by atoms with van der Waals surface area (Å²) in [4.78, 5) is 24.6. The maximum Gasteiger partial charge on any atom is 0.243 e. The van der Waals surface area contributed by atoms with Crippen LogP contribution in [0.25, 0.3) is 0 Å². The quantitative estimate of drug-likeness (QED) is 0.716. The minimum absolute atomic E-state index is 0.0481. The van der Waals surface area contributed by atoms with Gasteiger partial charge in [0.25, 0.3) is 0 Å². The summed E-state index contributed by atoms with van der Waals surface area (Å²) in [5.41, 5.74) is -0.414. The molecule has 2 amide bonds. The molecule has 0 radical (unpaired) electrons. The van der Waals surface area contributed by atoms with Gasteiger partial charge in [0.05, 0.1) is 11.4 Å². The number of carbonyl (C=O) groups is 2. The Morgan fingerprint density at radius 3 is 2.55 bits per heavy atom. The predicted molar refractivity (Wildman–Crippen MR) is 105 cm³/mol. The van der Waals surface area contributed by atoms with E-state index >= 15 is 0 Å². The molecule has 0 spiro atoms. The van der Waals surface area contributed by atoms with Crippen LogP contribution in [-0.2, 0) is 19.6 Å². The summed E-state index contributed by atoms with van der Waals surface area (Å²) >= 11 is 0. The fraction of sp³-hybridized carbons (Fsp3) is 0.579. The third kappa shape index (κ3) is 4.99. The second kappa shape index (κ2) is 8.19. The maximum atomic E-state index is 13.1. The Hall–Kier alpha value is -2.33. The molecule has 29 heavy (non-hydrogen) atoms. The van der Waals surface area contributed by atoms with E-state index in [-0.39, 0.29) is 23.9 Å². The first-order valence-corrected chi connectivity index (χ1v) is 11.0. The molecule has 1 saturated heterocycles. The number of rotatable bonds is 5. The van der Waals surface area contributed by atoms with Crippen molar-refractivity contribution in [2.24, 2.45) is 0 Å². The van der Waals surface area contributed by atoms with Gasteiger partial charge in [0.1, 0.15) is 19.3 Å². The Labute approximate surface area is 170 Å². The Morgan fingerprint density at radius 1 is 1.17 bits per heavy atom. The summed E-state index contributed by atoms with van der Waals surface area (Å²) in [6, 6.07) is 3.58. The average molecular weight is 426 g/mol. The van der Waals surface area contributed by atoms with Crippen molar-refractivity contribution < 1.29 is 27.5 Å². The van der Waals surface area contributed by atoms with E-state index in [1.165, 1.54) is 16.4 Å². The molecule has 0 saturated carbocycles. The van der Waals surface area contributed by atoms with Crippen LogP contribution < -0.4 is 20.1 Å². The molecule has 0 bridgehead atoms. The summed E-state index contributed by atoms with van der Waals surface area (Å²) in [5.74, 6) is 0.0601. The highest BCUT2D eigenvalue weighted by Crippen LogP contribution is 2.34. The van der Waals surface area contributed by atoms with Gasteiger partial charge in [0.15, 0.2) is 11.5 Å². The highest BCUT2D eigenvalue weighted by Gasteiger charge is 2.40. The van der Waals surface area contributed by atoms with Crippen molar-refractivity contribution in [1.82, 2.24) is 14.9 Å². The number of hydrogen-bond acceptors (Lipinski definition) is 6. The molecule has 2 aliphatic heterocycles. The minimum Gasteiger partial charge on any atom is -0.486 e. The van der Waals surface area contributed by atoms with Gasteiger partial charge in [-0.1, -0.05) is 0 Å². The number of nitrogens with one attached hydrogen (secondary N) is 2. The number of fused-ring (bicyclic) bond motifs is 1. The molecule has 9 nitrogen and oxygen atoms in total. The normalized spacial score (nSPS) is 19.6. The van der Waals surface area contributed by atoms with E-state index in [1.807, 2.05) is 20.8 Å². The highest BCUT2D eigenvalue weighted by atomic mass is 32.2. The molecule has 2 aliphatic rings. The van der Waals surface area contributed by atoms with E-state index in [0.717, 1.165) is 0 Å². The Kier molecular flexibility index (Phi) is 6.04. The van der Waals surface area contributed by atoms with Crippen LogP contribution in [0.4, 0.5) is 0 Å². The van der Waals surface area contributed by atoms with Gasteiger partial charge in [-0.2, -0.15) is 4.31 Å². The fourth-order valence-electron chi connectivity index (χ4n) is 3.36. The molecular weight excluding hydrogens is 398 g/mol. The molecule has 3 rings (SSSR count). The second-order valence-corrected chi connectivity index (χ2v) is 9.99. The number of carbonyl (C=O) groups excluding carboxylic acids is 2. The zero-order chi connectivity index (χ0) is 21.2. The van der Waals surface area contributed by atoms with Gasteiger partial charge in [0, 0.05) is 18.2 Å². The van der Waals surface area contributed by atoms with Crippen molar-refractivity contribution in [2.75, 3.05) is 26.3 Å². The highest BCUT2D eigenvalue weighted by molar-refractivity contribution is 7.89. The van der Waals surface area contributed by atoms with E-state index in [4.69, 9.17) is 9.47 Å². The number of sulfonamides is 1. The molecule has 2 N–H and O–H groups in total. The van der Waals surface area contributed by atoms with Crippen LogP contribution in [0, 0.1) is 0 Å². The van der Waals surface area contributed by atoms with Crippen LogP contribution in [0.2, 0.25) is 0 Å². The predicted octanol–water partition coefficient (Wildman–Crippen LogP) is 0.642. The Morgan fingerprint density at radius 2 is 1.86 bits per heavy atom. The molecule has 0 unspecified atom stereocenters. The van der Waals surface area contributed by atoms with E-state index in [9.17, 15) is 18.0 Å². The lowest BCUT2D eigenvalue weighted by atomic mass is 10.1. The van der Waals surface area contributed by atoms with Crippen molar-refractivity contribution in [1.29, 1.82) is 0 Å². The molecule has 1 aromatic rings. The van der Waals surface area contributed by atoms with Gasteiger partial charge < -0.3 is 20.1 Å². The lowest BCUT2D eigenvalue weighted by molar-refractivity contribution is -0.128. The van der Waals surface area contributed by atoms with Crippen LogP contribution in [-0.4, -0.2) is 62.4 Å². The first-order chi connectivity index (χ1) is 13.6. The van der Waals surface area contributed by atoms with Gasteiger partial charge in [-0.15, -0.1) is 0 Å². The minimum atomic E-state index is -3.90. The summed E-state index contributed by atoms with van der Waals surface area (Å²) < 4.78 is 38.4. The van der Waals surface area contributed by atoms with Crippen LogP contribution in [0.1, 0.15) is 33.6 Å². The standard InChI is InChI=1S/C19H27N3O6S/c1-19(2,3)21-17(23)12-20-18(24)14-5-4-8-22(14)29(25,26)13-6-7-15-16(11-13)28-10-9-27-15/h6-7,11,14H,4-5,8-10,12H2,1-3H3,(H,20,24)(H,21,23)/t14-/m1/s1. The number of benzene rings is 1. The van der Waals surface area contributed by atoms with E-state index in [1.54, 1.807) is 6.07 Å². The molecule has 10 heteroatoms.